The minimum atomic E-state index is 0.478. The number of benzene rings is 1. The quantitative estimate of drug-likeness (QED) is 0.680. The van der Waals surface area contributed by atoms with Gasteiger partial charge in [0.15, 0.2) is 0 Å². The van der Waals surface area contributed by atoms with Crippen LogP contribution in [0.3, 0.4) is 0 Å². The van der Waals surface area contributed by atoms with Crippen molar-refractivity contribution in [2.45, 2.75) is 5.92 Å². The molecule has 0 aliphatic carbocycles. The van der Waals surface area contributed by atoms with Crippen molar-refractivity contribution in [2.24, 2.45) is 10.2 Å². The number of ether oxygens (including phenoxy) is 1. The van der Waals surface area contributed by atoms with E-state index in [1.165, 1.54) is 5.56 Å². The van der Waals surface area contributed by atoms with E-state index in [1.54, 1.807) is 7.11 Å². The Kier molecular flexibility index (Phi) is 2.25. The van der Waals surface area contributed by atoms with Gasteiger partial charge in [-0.15, -0.1) is 0 Å². The van der Waals surface area contributed by atoms with Crippen molar-refractivity contribution in [3.8, 4) is 5.75 Å². The predicted octanol–water partition coefficient (Wildman–Crippen LogP) is 2.24. The number of azo groups is 1. The zero-order chi connectivity index (χ0) is 9.10. The number of nitrogens with zero attached hydrogens (tertiary/aromatic N) is 2. The standard InChI is InChI=1S/C10H12N2O/c1-13-10-4-2-8(3-5-10)9-6-11-12-7-9/h2-5,9H,6-7H2,1H3. The lowest BCUT2D eigenvalue weighted by Crippen LogP contribution is -2.00. The second kappa shape index (κ2) is 3.56. The molecule has 0 amide bonds. The van der Waals surface area contributed by atoms with Crippen LogP contribution in [0, 0.1) is 0 Å². The molecule has 0 atom stereocenters. The molecule has 13 heavy (non-hydrogen) atoms. The highest BCUT2D eigenvalue weighted by Crippen LogP contribution is 2.23. The number of methoxy groups -OCH3 is 1. The third-order valence-corrected chi connectivity index (χ3v) is 2.29. The maximum absolute atomic E-state index is 5.08. The summed E-state index contributed by atoms with van der Waals surface area (Å²) in [6.07, 6.45) is 0. The van der Waals surface area contributed by atoms with Crippen molar-refractivity contribution in [3.05, 3.63) is 29.8 Å². The van der Waals surface area contributed by atoms with Crippen LogP contribution in [-0.2, 0) is 0 Å². The summed E-state index contributed by atoms with van der Waals surface area (Å²) < 4.78 is 5.08. The molecule has 0 unspecified atom stereocenters. The summed E-state index contributed by atoms with van der Waals surface area (Å²) in [7, 11) is 1.68. The molecule has 1 aliphatic heterocycles. The van der Waals surface area contributed by atoms with Gasteiger partial charge in [0.1, 0.15) is 5.75 Å². The first-order chi connectivity index (χ1) is 6.40. The highest BCUT2D eigenvalue weighted by atomic mass is 16.5. The van der Waals surface area contributed by atoms with Crippen molar-refractivity contribution in [3.63, 3.8) is 0 Å². The van der Waals surface area contributed by atoms with Crippen LogP contribution in [0.5, 0.6) is 5.75 Å². The van der Waals surface area contributed by atoms with E-state index in [2.05, 4.69) is 22.4 Å². The zero-order valence-corrected chi connectivity index (χ0v) is 7.60. The van der Waals surface area contributed by atoms with Gasteiger partial charge in [0.05, 0.1) is 20.2 Å². The van der Waals surface area contributed by atoms with Crippen molar-refractivity contribution < 1.29 is 4.74 Å². The van der Waals surface area contributed by atoms with Crippen molar-refractivity contribution in [1.82, 2.24) is 0 Å². The van der Waals surface area contributed by atoms with Gasteiger partial charge in [0.2, 0.25) is 0 Å². The van der Waals surface area contributed by atoms with Crippen LogP contribution in [0.15, 0.2) is 34.5 Å². The van der Waals surface area contributed by atoms with Gasteiger partial charge >= 0.3 is 0 Å². The van der Waals surface area contributed by atoms with Gasteiger partial charge in [0.25, 0.3) is 0 Å². The molecule has 0 saturated carbocycles. The second-order valence-corrected chi connectivity index (χ2v) is 3.12. The molecule has 1 aliphatic rings. The molecule has 0 fully saturated rings. The van der Waals surface area contributed by atoms with Crippen molar-refractivity contribution in [2.75, 3.05) is 20.2 Å². The first-order valence-corrected chi connectivity index (χ1v) is 4.37. The largest absolute Gasteiger partial charge is 0.497 e. The van der Waals surface area contributed by atoms with Gasteiger partial charge in [-0.05, 0) is 17.7 Å². The molecule has 0 bridgehead atoms. The molecule has 0 radical (unpaired) electrons. The topological polar surface area (TPSA) is 34.0 Å². The average molecular weight is 176 g/mol. The number of hydrogen-bond donors (Lipinski definition) is 0. The summed E-state index contributed by atoms with van der Waals surface area (Å²) in [6, 6.07) is 8.13. The summed E-state index contributed by atoms with van der Waals surface area (Å²) in [4.78, 5) is 0. The van der Waals surface area contributed by atoms with Gasteiger partial charge in [-0.1, -0.05) is 12.1 Å². The summed E-state index contributed by atoms with van der Waals surface area (Å²) in [5.41, 5.74) is 1.30. The lowest BCUT2D eigenvalue weighted by molar-refractivity contribution is 0.414. The molecule has 1 aromatic rings. The average Bonchev–Trinajstić information content (AvgIpc) is 2.71. The highest BCUT2D eigenvalue weighted by Gasteiger charge is 2.14. The molecule has 0 aromatic heterocycles. The Labute approximate surface area is 77.4 Å². The lowest BCUT2D eigenvalue weighted by atomic mass is 10.0. The van der Waals surface area contributed by atoms with E-state index >= 15 is 0 Å². The molecule has 0 spiro atoms. The molecule has 1 aromatic carbocycles. The Bertz CT molecular complexity index is 297. The minimum absolute atomic E-state index is 0.478. The Balaban J connectivity index is 2.13. The van der Waals surface area contributed by atoms with E-state index in [0.717, 1.165) is 18.8 Å². The van der Waals surface area contributed by atoms with E-state index in [9.17, 15) is 0 Å². The van der Waals surface area contributed by atoms with Gasteiger partial charge in [0, 0.05) is 5.92 Å². The third kappa shape index (κ3) is 1.69. The zero-order valence-electron chi connectivity index (χ0n) is 7.60. The van der Waals surface area contributed by atoms with Gasteiger partial charge in [-0.2, -0.15) is 10.2 Å². The molecule has 3 heteroatoms. The van der Waals surface area contributed by atoms with Crippen molar-refractivity contribution >= 4 is 0 Å². The van der Waals surface area contributed by atoms with Crippen LogP contribution < -0.4 is 4.74 Å². The maximum Gasteiger partial charge on any atom is 0.118 e. The monoisotopic (exact) mass is 176 g/mol. The predicted molar refractivity (Wildman–Crippen MR) is 50.3 cm³/mol. The molecule has 2 rings (SSSR count). The molecular weight excluding hydrogens is 164 g/mol. The van der Waals surface area contributed by atoms with Gasteiger partial charge in [-0.3, -0.25) is 0 Å². The molecule has 3 nitrogen and oxygen atoms in total. The first kappa shape index (κ1) is 8.23. The second-order valence-electron chi connectivity index (χ2n) is 3.12. The van der Waals surface area contributed by atoms with Crippen LogP contribution >= 0.6 is 0 Å². The fourth-order valence-corrected chi connectivity index (χ4v) is 1.46. The summed E-state index contributed by atoms with van der Waals surface area (Å²) >= 11 is 0. The number of rotatable bonds is 2. The van der Waals surface area contributed by atoms with E-state index < -0.39 is 0 Å². The molecule has 1 heterocycles. The van der Waals surface area contributed by atoms with Gasteiger partial charge < -0.3 is 4.74 Å². The lowest BCUT2D eigenvalue weighted by Gasteiger charge is -2.07. The Morgan fingerprint density at radius 1 is 1.15 bits per heavy atom. The smallest absolute Gasteiger partial charge is 0.118 e. The third-order valence-electron chi connectivity index (χ3n) is 2.29. The fourth-order valence-electron chi connectivity index (χ4n) is 1.46. The summed E-state index contributed by atoms with van der Waals surface area (Å²) in [5, 5.41) is 7.95. The molecular formula is C10H12N2O. The van der Waals surface area contributed by atoms with E-state index in [0.29, 0.717) is 5.92 Å². The Morgan fingerprint density at radius 2 is 1.77 bits per heavy atom. The normalized spacial score (nSPS) is 16.4. The van der Waals surface area contributed by atoms with Crippen LogP contribution in [0.4, 0.5) is 0 Å². The maximum atomic E-state index is 5.08. The molecule has 0 saturated heterocycles. The van der Waals surface area contributed by atoms with Crippen molar-refractivity contribution in [1.29, 1.82) is 0 Å². The minimum Gasteiger partial charge on any atom is -0.497 e. The summed E-state index contributed by atoms with van der Waals surface area (Å²) in [6.45, 7) is 1.65. The highest BCUT2D eigenvalue weighted by molar-refractivity contribution is 5.30. The van der Waals surface area contributed by atoms with Crippen LogP contribution in [0.25, 0.3) is 0 Å². The van der Waals surface area contributed by atoms with E-state index in [1.807, 2.05) is 12.1 Å². The molecule has 68 valence electrons. The fraction of sp³-hybridized carbons (Fsp3) is 0.400. The van der Waals surface area contributed by atoms with Crippen LogP contribution in [-0.4, -0.2) is 20.2 Å². The number of hydrogen-bond acceptors (Lipinski definition) is 3. The van der Waals surface area contributed by atoms with E-state index in [-0.39, 0.29) is 0 Å². The molecule has 0 N–H and O–H groups in total. The summed E-state index contributed by atoms with van der Waals surface area (Å²) in [5.74, 6) is 1.38. The van der Waals surface area contributed by atoms with Crippen LogP contribution in [0.1, 0.15) is 11.5 Å². The Morgan fingerprint density at radius 3 is 2.31 bits per heavy atom. The van der Waals surface area contributed by atoms with Gasteiger partial charge in [-0.25, -0.2) is 0 Å². The van der Waals surface area contributed by atoms with Crippen LogP contribution in [0.2, 0.25) is 0 Å². The Hall–Kier alpha value is -1.38. The SMILES string of the molecule is COc1ccc(C2CN=NC2)cc1. The van der Waals surface area contributed by atoms with E-state index in [4.69, 9.17) is 4.74 Å². The first-order valence-electron chi connectivity index (χ1n) is 4.37.